The molecular weight excluding hydrogens is 284 g/mol. The number of rotatable bonds is 3. The number of nitrogens with zero attached hydrogens (tertiary/aromatic N) is 2. The van der Waals surface area contributed by atoms with E-state index < -0.39 is 5.56 Å². The highest BCUT2D eigenvalue weighted by Gasteiger charge is 2.26. The summed E-state index contributed by atoms with van der Waals surface area (Å²) < 4.78 is 7.13. The Morgan fingerprint density at radius 1 is 1.55 bits per heavy atom. The first-order chi connectivity index (χ1) is 9.58. The van der Waals surface area contributed by atoms with Gasteiger partial charge in [0, 0.05) is 12.5 Å². The molecule has 2 aromatic rings. The highest BCUT2D eigenvalue weighted by Crippen LogP contribution is 2.22. The van der Waals surface area contributed by atoms with Crippen LogP contribution in [0.25, 0.3) is 10.3 Å². The third kappa shape index (κ3) is 2.23. The van der Waals surface area contributed by atoms with Crippen LogP contribution in [0.2, 0.25) is 0 Å². The normalized spacial score (nSPS) is 22.6. The van der Waals surface area contributed by atoms with Crippen molar-refractivity contribution >= 4 is 27.6 Å². The van der Waals surface area contributed by atoms with E-state index in [1.807, 2.05) is 0 Å². The molecule has 0 radical (unpaired) electrons. The fraction of sp³-hybridized carbons (Fsp3) is 0.545. The van der Waals surface area contributed by atoms with Gasteiger partial charge >= 0.3 is 4.87 Å². The number of nitrogen functional groups attached to an aromatic ring is 1. The number of ether oxygens (including phenoxy) is 1. The Hall–Kier alpha value is -1.71. The second kappa shape index (κ2) is 5.00. The molecule has 2 aromatic heterocycles. The summed E-state index contributed by atoms with van der Waals surface area (Å²) in [6.45, 7) is 0.861. The standard InChI is InChI=1S/C11H14N4O4S/c12-10-13-8-7(9(17)14-10)20-11(18)15(8)2-5-1-6(3-16)19-4-5/h5-6,16H,1-4H2,(H3,12,13,14,17). The molecule has 1 aliphatic rings. The van der Waals surface area contributed by atoms with Gasteiger partial charge in [0.15, 0.2) is 5.65 Å². The molecule has 0 amide bonds. The van der Waals surface area contributed by atoms with Crippen LogP contribution in [0.1, 0.15) is 6.42 Å². The van der Waals surface area contributed by atoms with Crippen molar-refractivity contribution in [2.24, 2.45) is 5.92 Å². The summed E-state index contributed by atoms with van der Waals surface area (Å²) in [6.07, 6.45) is 0.501. The lowest BCUT2D eigenvalue weighted by Crippen LogP contribution is -2.21. The van der Waals surface area contributed by atoms with Gasteiger partial charge in [0.2, 0.25) is 5.95 Å². The van der Waals surface area contributed by atoms with Crippen LogP contribution in [0, 0.1) is 5.92 Å². The third-order valence-corrected chi connectivity index (χ3v) is 4.32. The van der Waals surface area contributed by atoms with Crippen molar-refractivity contribution < 1.29 is 9.84 Å². The van der Waals surface area contributed by atoms with E-state index in [1.165, 1.54) is 4.57 Å². The van der Waals surface area contributed by atoms with E-state index in [0.717, 1.165) is 11.3 Å². The summed E-state index contributed by atoms with van der Waals surface area (Å²) in [5.74, 6) is 0.106. The lowest BCUT2D eigenvalue weighted by atomic mass is 10.1. The van der Waals surface area contributed by atoms with Crippen LogP contribution in [-0.2, 0) is 11.3 Å². The van der Waals surface area contributed by atoms with E-state index >= 15 is 0 Å². The lowest BCUT2D eigenvalue weighted by molar-refractivity contribution is 0.0569. The fourth-order valence-electron chi connectivity index (χ4n) is 2.42. The maximum Gasteiger partial charge on any atom is 0.309 e. The number of thiazole rings is 1. The predicted octanol–water partition coefficient (Wildman–Crippen LogP) is -0.874. The molecule has 1 fully saturated rings. The molecule has 3 rings (SSSR count). The highest BCUT2D eigenvalue weighted by atomic mass is 32.1. The number of aliphatic hydroxyl groups is 1. The molecule has 2 atom stereocenters. The topological polar surface area (TPSA) is 123 Å². The summed E-state index contributed by atoms with van der Waals surface area (Å²) in [7, 11) is 0. The minimum atomic E-state index is -0.399. The molecule has 20 heavy (non-hydrogen) atoms. The zero-order chi connectivity index (χ0) is 14.3. The van der Waals surface area contributed by atoms with Crippen molar-refractivity contribution in [3.63, 3.8) is 0 Å². The Bertz CT molecular complexity index is 749. The summed E-state index contributed by atoms with van der Waals surface area (Å²) in [5, 5.41) is 9.04. The quantitative estimate of drug-likeness (QED) is 0.676. The maximum atomic E-state index is 12.0. The van der Waals surface area contributed by atoms with Gasteiger partial charge in [-0.25, -0.2) is 0 Å². The molecular formula is C11H14N4O4S. The minimum absolute atomic E-state index is 0.00930. The number of H-pyrrole nitrogens is 1. The molecule has 0 aromatic carbocycles. The van der Waals surface area contributed by atoms with Crippen LogP contribution in [0.4, 0.5) is 5.95 Å². The molecule has 0 spiro atoms. The van der Waals surface area contributed by atoms with Crippen LogP contribution >= 0.6 is 11.3 Å². The second-order valence-electron chi connectivity index (χ2n) is 4.82. The van der Waals surface area contributed by atoms with Gasteiger partial charge in [0.25, 0.3) is 5.56 Å². The number of hydrogen-bond acceptors (Lipinski definition) is 7. The van der Waals surface area contributed by atoms with Crippen molar-refractivity contribution in [3.8, 4) is 0 Å². The predicted molar refractivity (Wildman–Crippen MR) is 73.8 cm³/mol. The van der Waals surface area contributed by atoms with Crippen molar-refractivity contribution in [1.29, 1.82) is 0 Å². The zero-order valence-electron chi connectivity index (χ0n) is 10.5. The zero-order valence-corrected chi connectivity index (χ0v) is 11.4. The van der Waals surface area contributed by atoms with Gasteiger partial charge in [-0.3, -0.25) is 19.1 Å². The van der Waals surface area contributed by atoms with Gasteiger partial charge in [0.1, 0.15) is 4.70 Å². The molecule has 2 unspecified atom stereocenters. The Balaban J connectivity index is 1.98. The van der Waals surface area contributed by atoms with Crippen LogP contribution in [0.3, 0.4) is 0 Å². The number of aromatic amines is 1. The SMILES string of the molecule is Nc1nc2c(sc(=O)n2CC2COC(CO)C2)c(=O)[nH]1. The van der Waals surface area contributed by atoms with Crippen LogP contribution < -0.4 is 16.2 Å². The van der Waals surface area contributed by atoms with Gasteiger partial charge in [-0.1, -0.05) is 11.3 Å². The molecule has 108 valence electrons. The second-order valence-corrected chi connectivity index (χ2v) is 5.78. The van der Waals surface area contributed by atoms with Crippen molar-refractivity contribution in [2.75, 3.05) is 18.9 Å². The van der Waals surface area contributed by atoms with E-state index in [9.17, 15) is 9.59 Å². The van der Waals surface area contributed by atoms with E-state index in [0.29, 0.717) is 25.2 Å². The third-order valence-electron chi connectivity index (χ3n) is 3.35. The minimum Gasteiger partial charge on any atom is -0.394 e. The van der Waals surface area contributed by atoms with Crippen molar-refractivity contribution in [2.45, 2.75) is 19.1 Å². The molecule has 1 aliphatic heterocycles. The number of nitrogens with two attached hydrogens (primary N) is 1. The number of nitrogens with one attached hydrogen (secondary N) is 1. The van der Waals surface area contributed by atoms with Gasteiger partial charge in [0.05, 0.1) is 19.3 Å². The summed E-state index contributed by atoms with van der Waals surface area (Å²) in [5.41, 5.74) is 5.43. The summed E-state index contributed by atoms with van der Waals surface area (Å²) in [6, 6.07) is 0. The molecule has 0 bridgehead atoms. The average molecular weight is 298 g/mol. The van der Waals surface area contributed by atoms with Gasteiger partial charge < -0.3 is 15.6 Å². The fourth-order valence-corrected chi connectivity index (χ4v) is 3.26. The molecule has 9 heteroatoms. The van der Waals surface area contributed by atoms with Gasteiger partial charge in [-0.2, -0.15) is 4.98 Å². The summed E-state index contributed by atoms with van der Waals surface area (Å²) >= 11 is 0.859. The van der Waals surface area contributed by atoms with Crippen LogP contribution in [0.5, 0.6) is 0 Å². The summed E-state index contributed by atoms with van der Waals surface area (Å²) in [4.78, 5) is 29.9. The number of aromatic nitrogens is 3. The highest BCUT2D eigenvalue weighted by molar-refractivity contribution is 7.16. The van der Waals surface area contributed by atoms with E-state index in [-0.39, 0.29) is 34.1 Å². The number of aliphatic hydroxyl groups excluding tert-OH is 1. The Kier molecular flexibility index (Phi) is 3.32. The molecule has 1 saturated heterocycles. The molecule has 0 aliphatic carbocycles. The molecule has 4 N–H and O–H groups in total. The number of anilines is 1. The monoisotopic (exact) mass is 298 g/mol. The first-order valence-electron chi connectivity index (χ1n) is 6.20. The molecule has 8 nitrogen and oxygen atoms in total. The van der Waals surface area contributed by atoms with Gasteiger partial charge in [-0.05, 0) is 6.42 Å². The molecule has 3 heterocycles. The molecule has 0 saturated carbocycles. The first-order valence-corrected chi connectivity index (χ1v) is 7.01. The van der Waals surface area contributed by atoms with Crippen molar-refractivity contribution in [3.05, 3.63) is 20.0 Å². The van der Waals surface area contributed by atoms with Crippen LogP contribution in [-0.4, -0.2) is 39.0 Å². The van der Waals surface area contributed by atoms with Crippen LogP contribution in [0.15, 0.2) is 9.59 Å². The van der Waals surface area contributed by atoms with E-state index in [4.69, 9.17) is 15.6 Å². The van der Waals surface area contributed by atoms with Crippen molar-refractivity contribution in [1.82, 2.24) is 14.5 Å². The van der Waals surface area contributed by atoms with Gasteiger partial charge in [-0.15, -0.1) is 0 Å². The van der Waals surface area contributed by atoms with E-state index in [2.05, 4.69) is 9.97 Å². The number of hydrogen-bond donors (Lipinski definition) is 3. The maximum absolute atomic E-state index is 12.0. The Labute approximate surface area is 116 Å². The smallest absolute Gasteiger partial charge is 0.309 e. The number of fused-ring (bicyclic) bond motifs is 1. The lowest BCUT2D eigenvalue weighted by Gasteiger charge is -2.08. The van der Waals surface area contributed by atoms with E-state index in [1.54, 1.807) is 0 Å². The Morgan fingerprint density at radius 3 is 3.05 bits per heavy atom. The Morgan fingerprint density at radius 2 is 2.35 bits per heavy atom. The largest absolute Gasteiger partial charge is 0.394 e. The first kappa shape index (κ1) is 13.3. The average Bonchev–Trinajstić information content (AvgIpc) is 2.97.